The van der Waals surface area contributed by atoms with Crippen molar-refractivity contribution in [3.63, 3.8) is 0 Å². The van der Waals surface area contributed by atoms with Crippen LogP contribution in [0.4, 0.5) is 0 Å². The van der Waals surface area contributed by atoms with Gasteiger partial charge in [-0.25, -0.2) is 4.79 Å². The van der Waals surface area contributed by atoms with Gasteiger partial charge in [-0.05, 0) is 50.4 Å². The Morgan fingerprint density at radius 3 is 2.71 bits per heavy atom. The zero-order valence-corrected chi connectivity index (χ0v) is 22.5. The van der Waals surface area contributed by atoms with Gasteiger partial charge in [0.05, 0.1) is 19.2 Å². The van der Waals surface area contributed by atoms with Crippen LogP contribution in [0.5, 0.6) is 5.75 Å². The molecule has 38 heavy (non-hydrogen) atoms. The molecule has 0 radical (unpaired) electrons. The predicted octanol–water partition coefficient (Wildman–Crippen LogP) is 4.42. The Morgan fingerprint density at radius 1 is 1.24 bits per heavy atom. The van der Waals surface area contributed by atoms with Gasteiger partial charge in [0.2, 0.25) is 5.91 Å². The molecule has 1 aliphatic carbocycles. The number of hydrogen-bond acceptors (Lipinski definition) is 6. The minimum atomic E-state index is -0.659. The van der Waals surface area contributed by atoms with Crippen molar-refractivity contribution < 1.29 is 19.1 Å². The molecule has 3 rings (SSSR count). The Bertz CT molecular complexity index is 1240. The molecule has 1 aliphatic rings. The Hall–Kier alpha value is -3.91. The third-order valence-corrected chi connectivity index (χ3v) is 5.96. The number of fused-ring (bicyclic) bond motifs is 1. The molecule has 1 aromatic carbocycles. The van der Waals surface area contributed by atoms with Crippen LogP contribution >= 0.6 is 0 Å². The highest BCUT2D eigenvalue weighted by Gasteiger charge is 2.26. The molecule has 1 amide bonds. The number of rotatable bonds is 11. The van der Waals surface area contributed by atoms with Crippen LogP contribution in [-0.2, 0) is 14.3 Å². The Morgan fingerprint density at radius 2 is 2.03 bits per heavy atom. The smallest absolute Gasteiger partial charge is 0.329 e. The minimum absolute atomic E-state index is 0.0166. The zero-order chi connectivity index (χ0) is 27.9. The van der Waals surface area contributed by atoms with Crippen molar-refractivity contribution in [3.05, 3.63) is 83.2 Å². The van der Waals surface area contributed by atoms with E-state index in [-0.39, 0.29) is 17.3 Å². The van der Waals surface area contributed by atoms with E-state index in [2.05, 4.69) is 29.0 Å². The number of carbonyl (C=O) groups is 2. The number of aromatic amines is 1. The molecular formula is C30H39N3O5. The number of esters is 1. The lowest BCUT2D eigenvalue weighted by molar-refractivity contribution is -0.148. The first-order valence-electron chi connectivity index (χ1n) is 12.9. The van der Waals surface area contributed by atoms with Crippen molar-refractivity contribution in [1.82, 2.24) is 10.3 Å². The molecule has 8 nitrogen and oxygen atoms in total. The number of allylic oxidation sites excluding steroid dienone is 6. The van der Waals surface area contributed by atoms with E-state index in [1.807, 2.05) is 31.2 Å². The second-order valence-electron chi connectivity index (χ2n) is 8.78. The van der Waals surface area contributed by atoms with Gasteiger partial charge < -0.3 is 25.5 Å². The lowest BCUT2D eigenvalue weighted by atomic mass is 10.0. The fourth-order valence-electron chi connectivity index (χ4n) is 3.74. The van der Waals surface area contributed by atoms with E-state index >= 15 is 0 Å². The molecule has 2 unspecified atom stereocenters. The Labute approximate surface area is 224 Å². The first-order valence-corrected chi connectivity index (χ1v) is 12.9. The normalized spacial score (nSPS) is 13.8. The predicted molar refractivity (Wildman–Crippen MR) is 153 cm³/mol. The van der Waals surface area contributed by atoms with Gasteiger partial charge in [0, 0.05) is 35.6 Å². The second kappa shape index (κ2) is 16.0. The zero-order valence-electron chi connectivity index (χ0n) is 22.5. The van der Waals surface area contributed by atoms with Crippen LogP contribution in [-0.4, -0.2) is 43.2 Å². The molecule has 4 N–H and O–H groups in total. The van der Waals surface area contributed by atoms with Crippen molar-refractivity contribution in [3.8, 4) is 5.75 Å². The number of aromatic nitrogens is 1. The van der Waals surface area contributed by atoms with Gasteiger partial charge in [-0.15, -0.1) is 6.58 Å². The fourth-order valence-corrected chi connectivity index (χ4v) is 3.74. The third kappa shape index (κ3) is 9.19. The molecule has 0 saturated carbocycles. The topological polar surface area (TPSA) is 124 Å². The summed E-state index contributed by atoms with van der Waals surface area (Å²) in [6, 6.07) is 6.42. The van der Waals surface area contributed by atoms with E-state index in [0.29, 0.717) is 25.0 Å². The number of H-pyrrole nitrogens is 1. The molecule has 1 heterocycles. The summed E-state index contributed by atoms with van der Waals surface area (Å²) >= 11 is 0. The van der Waals surface area contributed by atoms with Crippen LogP contribution < -0.4 is 21.2 Å². The maximum absolute atomic E-state index is 12.2. The Kier molecular flexibility index (Phi) is 12.8. The van der Waals surface area contributed by atoms with Gasteiger partial charge in [0.1, 0.15) is 11.8 Å². The van der Waals surface area contributed by atoms with E-state index < -0.39 is 12.0 Å². The van der Waals surface area contributed by atoms with Crippen molar-refractivity contribution in [2.24, 2.45) is 11.7 Å². The lowest BCUT2D eigenvalue weighted by Crippen LogP contribution is -2.45. The summed E-state index contributed by atoms with van der Waals surface area (Å²) in [6.07, 6.45) is 14.5. The standard InChI is InChI=1S/C17H15NO2.C13H24N2O3/c1-20-13-8-9-14-16(10-13)18-15(11-17(14)19)12-6-4-2-3-5-7-12;1-4-10(3)12(13(17)18-5-2)15-11(16)8-6-7-9-14/h2-4,6-11H,5H2,1H3,(H,18,19);4,10,12H,1,5-9,14H2,2-3H3,(H,15,16). The summed E-state index contributed by atoms with van der Waals surface area (Å²) in [5.74, 6) is -0.00728. The quantitative estimate of drug-likeness (QED) is 0.228. The SMILES string of the molecule is C=CC(C)C(NC(=O)CCCCN)C(=O)OCC.COc1ccc2c(=O)cc(C3=CCC=CC=C3)[nH]c2c1. The van der Waals surface area contributed by atoms with Crippen molar-refractivity contribution >= 4 is 28.4 Å². The first kappa shape index (κ1) is 30.3. The van der Waals surface area contributed by atoms with Gasteiger partial charge >= 0.3 is 5.97 Å². The first-order chi connectivity index (χ1) is 18.3. The molecule has 0 aliphatic heterocycles. The van der Waals surface area contributed by atoms with Crippen LogP contribution in [0.3, 0.4) is 0 Å². The summed E-state index contributed by atoms with van der Waals surface area (Å²) in [4.78, 5) is 38.9. The number of pyridine rings is 1. The van der Waals surface area contributed by atoms with Crippen molar-refractivity contribution in [2.75, 3.05) is 20.3 Å². The monoisotopic (exact) mass is 521 g/mol. The van der Waals surface area contributed by atoms with Crippen LogP contribution in [0.1, 0.15) is 45.2 Å². The number of unbranched alkanes of at least 4 members (excludes halogenated alkanes) is 1. The number of ether oxygens (including phenoxy) is 2. The molecule has 204 valence electrons. The van der Waals surface area contributed by atoms with Gasteiger partial charge in [0.25, 0.3) is 0 Å². The molecule has 2 aromatic rings. The highest BCUT2D eigenvalue weighted by atomic mass is 16.5. The van der Waals surface area contributed by atoms with Gasteiger partial charge in [-0.1, -0.05) is 43.4 Å². The maximum atomic E-state index is 12.2. The molecule has 0 saturated heterocycles. The van der Waals surface area contributed by atoms with E-state index in [4.69, 9.17) is 15.2 Å². The van der Waals surface area contributed by atoms with Crippen LogP contribution in [0.25, 0.3) is 16.5 Å². The van der Waals surface area contributed by atoms with Crippen molar-refractivity contribution in [1.29, 1.82) is 0 Å². The summed E-state index contributed by atoms with van der Waals surface area (Å²) in [7, 11) is 1.62. The summed E-state index contributed by atoms with van der Waals surface area (Å²) in [5, 5.41) is 3.36. The Balaban J connectivity index is 0.000000269. The third-order valence-electron chi connectivity index (χ3n) is 5.96. The maximum Gasteiger partial charge on any atom is 0.329 e. The fraction of sp³-hybridized carbons (Fsp3) is 0.367. The largest absolute Gasteiger partial charge is 0.497 e. The number of nitrogens with two attached hydrogens (primary N) is 1. The van der Waals surface area contributed by atoms with Crippen LogP contribution in [0, 0.1) is 5.92 Å². The number of benzene rings is 1. The molecular weight excluding hydrogens is 482 g/mol. The highest BCUT2D eigenvalue weighted by Crippen LogP contribution is 2.21. The number of amides is 1. The van der Waals surface area contributed by atoms with Gasteiger partial charge in [-0.2, -0.15) is 0 Å². The number of methoxy groups -OCH3 is 1. The summed E-state index contributed by atoms with van der Waals surface area (Å²) < 4.78 is 10.1. The summed E-state index contributed by atoms with van der Waals surface area (Å²) in [6.45, 7) is 8.04. The second-order valence-corrected chi connectivity index (χ2v) is 8.78. The van der Waals surface area contributed by atoms with E-state index in [0.717, 1.165) is 41.8 Å². The van der Waals surface area contributed by atoms with Gasteiger partial charge in [-0.3, -0.25) is 9.59 Å². The molecule has 2 atom stereocenters. The number of carbonyl (C=O) groups excluding carboxylic acids is 2. The van der Waals surface area contributed by atoms with E-state index in [1.165, 1.54) is 0 Å². The molecule has 8 heteroatoms. The van der Waals surface area contributed by atoms with Crippen LogP contribution in [0.15, 0.2) is 72.1 Å². The van der Waals surface area contributed by atoms with Crippen LogP contribution in [0.2, 0.25) is 0 Å². The van der Waals surface area contributed by atoms with Gasteiger partial charge in [0.15, 0.2) is 5.43 Å². The highest BCUT2D eigenvalue weighted by molar-refractivity contribution is 5.85. The minimum Gasteiger partial charge on any atom is -0.497 e. The lowest BCUT2D eigenvalue weighted by Gasteiger charge is -2.21. The molecule has 0 fully saturated rings. The van der Waals surface area contributed by atoms with E-state index in [9.17, 15) is 14.4 Å². The number of hydrogen-bond donors (Lipinski definition) is 3. The number of nitrogens with one attached hydrogen (secondary N) is 2. The molecule has 0 bridgehead atoms. The summed E-state index contributed by atoms with van der Waals surface area (Å²) in [5.41, 5.74) is 8.02. The average molecular weight is 522 g/mol. The average Bonchev–Trinajstić information content (AvgIpc) is 3.21. The molecule has 0 spiro atoms. The van der Waals surface area contributed by atoms with E-state index in [1.54, 1.807) is 38.3 Å². The van der Waals surface area contributed by atoms with Crippen molar-refractivity contribution in [2.45, 2.75) is 45.6 Å². The molecule has 1 aromatic heterocycles.